The Morgan fingerprint density at radius 3 is 2.77 bits per heavy atom. The van der Waals surface area contributed by atoms with Gasteiger partial charge < -0.3 is 10.6 Å². The van der Waals surface area contributed by atoms with Crippen LogP contribution >= 0.6 is 27.7 Å². The van der Waals surface area contributed by atoms with Gasteiger partial charge in [-0.15, -0.1) is 0 Å². The number of hydrogen-bond acceptors (Lipinski definition) is 3. The molecule has 0 radical (unpaired) electrons. The molecule has 0 aromatic heterocycles. The lowest BCUT2D eigenvalue weighted by Crippen LogP contribution is -2.49. The number of fused-ring (bicyclic) bond motifs is 1. The second kappa shape index (κ2) is 5.78. The Balaban J connectivity index is 1.87. The second-order valence-electron chi connectivity index (χ2n) is 5.05. The quantitative estimate of drug-likeness (QED) is 0.781. The van der Waals surface area contributed by atoms with Crippen molar-refractivity contribution in [3.05, 3.63) is 53.0 Å². The Hall–Kier alpha value is -1.79. The van der Waals surface area contributed by atoms with Crippen LogP contribution in [0.1, 0.15) is 6.92 Å². The molecule has 2 aromatic carbocycles. The summed E-state index contributed by atoms with van der Waals surface area (Å²) in [5.74, 6) is -0.661. The monoisotopic (exact) mass is 376 g/mol. The molecule has 0 aliphatic carbocycles. The molecular formula is C16H13BrN2O2S. The molecule has 0 saturated heterocycles. The van der Waals surface area contributed by atoms with Gasteiger partial charge >= 0.3 is 0 Å². The number of halogens is 1. The van der Waals surface area contributed by atoms with Crippen LogP contribution in [0, 0.1) is 0 Å². The zero-order chi connectivity index (χ0) is 15.7. The summed E-state index contributed by atoms with van der Waals surface area (Å²) in [5.41, 5.74) is 1.39. The van der Waals surface area contributed by atoms with E-state index in [1.54, 1.807) is 19.1 Å². The van der Waals surface area contributed by atoms with Crippen molar-refractivity contribution >= 4 is 50.9 Å². The van der Waals surface area contributed by atoms with Crippen LogP contribution in [-0.2, 0) is 9.59 Å². The molecule has 0 fully saturated rings. The van der Waals surface area contributed by atoms with Gasteiger partial charge in [0.2, 0.25) is 11.8 Å². The summed E-state index contributed by atoms with van der Waals surface area (Å²) in [6.07, 6.45) is 0. The van der Waals surface area contributed by atoms with Gasteiger partial charge in [-0.3, -0.25) is 9.59 Å². The maximum Gasteiger partial charge on any atom is 0.250 e. The molecule has 0 bridgehead atoms. The van der Waals surface area contributed by atoms with Gasteiger partial charge in [-0.1, -0.05) is 45.9 Å². The highest BCUT2D eigenvalue weighted by molar-refractivity contribution is 9.10. The van der Waals surface area contributed by atoms with E-state index >= 15 is 0 Å². The number of anilines is 2. The van der Waals surface area contributed by atoms with Crippen LogP contribution in [0.2, 0.25) is 0 Å². The van der Waals surface area contributed by atoms with E-state index < -0.39 is 4.75 Å². The Kier molecular flexibility index (Phi) is 3.97. The van der Waals surface area contributed by atoms with E-state index in [1.807, 2.05) is 36.4 Å². The molecule has 1 unspecified atom stereocenters. The van der Waals surface area contributed by atoms with Crippen LogP contribution < -0.4 is 10.6 Å². The third kappa shape index (κ3) is 2.76. The van der Waals surface area contributed by atoms with E-state index in [4.69, 9.17) is 0 Å². The minimum absolute atomic E-state index is 0.316. The third-order valence-electron chi connectivity index (χ3n) is 3.40. The molecule has 112 valence electrons. The van der Waals surface area contributed by atoms with Crippen molar-refractivity contribution in [2.75, 3.05) is 10.6 Å². The van der Waals surface area contributed by atoms with Crippen LogP contribution in [0.4, 0.5) is 11.4 Å². The second-order valence-corrected chi connectivity index (χ2v) is 7.43. The van der Waals surface area contributed by atoms with Crippen LogP contribution in [0.25, 0.3) is 0 Å². The molecule has 3 rings (SSSR count). The minimum Gasteiger partial charge on any atom is -0.324 e. The number of nitrogens with one attached hydrogen (secondary N) is 2. The molecular weight excluding hydrogens is 364 g/mol. The lowest BCUT2D eigenvalue weighted by atomic mass is 10.1. The van der Waals surface area contributed by atoms with E-state index in [1.165, 1.54) is 11.8 Å². The Morgan fingerprint density at radius 2 is 2.00 bits per heavy atom. The smallest absolute Gasteiger partial charge is 0.250 e. The zero-order valence-corrected chi connectivity index (χ0v) is 14.1. The van der Waals surface area contributed by atoms with Crippen molar-refractivity contribution in [2.45, 2.75) is 16.6 Å². The fourth-order valence-corrected chi connectivity index (χ4v) is 3.63. The van der Waals surface area contributed by atoms with Gasteiger partial charge in [0.05, 0.1) is 5.69 Å². The van der Waals surface area contributed by atoms with Gasteiger partial charge in [-0.25, -0.2) is 0 Å². The van der Waals surface area contributed by atoms with E-state index in [9.17, 15) is 9.59 Å². The van der Waals surface area contributed by atoms with Crippen molar-refractivity contribution in [3.8, 4) is 0 Å². The number of thioether (sulfide) groups is 1. The highest BCUT2D eigenvalue weighted by Crippen LogP contribution is 2.42. The average Bonchev–Trinajstić information content (AvgIpc) is 2.48. The minimum atomic E-state index is -1.21. The first-order valence-electron chi connectivity index (χ1n) is 6.65. The standard InChI is InChI=1S/C16H13BrN2O2S/c1-16(14(20)18-11-6-4-5-10(17)9-11)15(21)19-12-7-2-3-8-13(12)22-16/h2-9H,1H3,(H,18,20)(H,19,21). The van der Waals surface area contributed by atoms with Gasteiger partial charge in [0, 0.05) is 15.1 Å². The first kappa shape index (κ1) is 15.1. The van der Waals surface area contributed by atoms with Gasteiger partial charge in [0.15, 0.2) is 4.75 Å². The van der Waals surface area contributed by atoms with Gasteiger partial charge in [0.1, 0.15) is 0 Å². The van der Waals surface area contributed by atoms with E-state index in [-0.39, 0.29) is 11.8 Å². The number of amides is 2. The largest absolute Gasteiger partial charge is 0.324 e. The lowest BCUT2D eigenvalue weighted by molar-refractivity contribution is -0.126. The normalized spacial score (nSPS) is 20.0. The molecule has 2 amide bonds. The number of carbonyl (C=O) groups excluding carboxylic acids is 2. The number of hydrogen-bond donors (Lipinski definition) is 2. The summed E-state index contributed by atoms with van der Waals surface area (Å²) in [6.45, 7) is 1.64. The van der Waals surface area contributed by atoms with E-state index in [0.29, 0.717) is 5.69 Å². The fraction of sp³-hybridized carbons (Fsp3) is 0.125. The first-order valence-corrected chi connectivity index (χ1v) is 8.26. The van der Waals surface area contributed by atoms with Gasteiger partial charge in [0.25, 0.3) is 0 Å². The van der Waals surface area contributed by atoms with E-state index in [0.717, 1.165) is 15.1 Å². The topological polar surface area (TPSA) is 58.2 Å². The lowest BCUT2D eigenvalue weighted by Gasteiger charge is -2.31. The van der Waals surface area contributed by atoms with Crippen LogP contribution in [0.3, 0.4) is 0 Å². The Morgan fingerprint density at radius 1 is 1.23 bits per heavy atom. The fourth-order valence-electron chi connectivity index (χ4n) is 2.13. The zero-order valence-electron chi connectivity index (χ0n) is 11.7. The van der Waals surface area contributed by atoms with Gasteiger partial charge in [-0.05, 0) is 37.3 Å². The molecule has 1 heterocycles. The predicted molar refractivity (Wildman–Crippen MR) is 92.1 cm³/mol. The molecule has 1 aliphatic heterocycles. The molecule has 22 heavy (non-hydrogen) atoms. The van der Waals surface area contributed by atoms with Crippen molar-refractivity contribution in [2.24, 2.45) is 0 Å². The molecule has 1 aliphatic rings. The maximum atomic E-state index is 12.6. The van der Waals surface area contributed by atoms with Crippen LogP contribution in [0.5, 0.6) is 0 Å². The van der Waals surface area contributed by atoms with Crippen molar-refractivity contribution in [3.63, 3.8) is 0 Å². The molecule has 2 N–H and O–H groups in total. The van der Waals surface area contributed by atoms with Crippen molar-refractivity contribution in [1.82, 2.24) is 0 Å². The average molecular weight is 377 g/mol. The highest BCUT2D eigenvalue weighted by atomic mass is 79.9. The van der Waals surface area contributed by atoms with Gasteiger partial charge in [-0.2, -0.15) is 0 Å². The highest BCUT2D eigenvalue weighted by Gasteiger charge is 2.45. The SMILES string of the molecule is CC1(C(=O)Nc2cccc(Br)c2)Sc2ccccc2NC1=O. The number of carbonyl (C=O) groups is 2. The van der Waals surface area contributed by atoms with Crippen LogP contribution in [-0.4, -0.2) is 16.6 Å². The molecule has 1 atom stereocenters. The maximum absolute atomic E-state index is 12.6. The summed E-state index contributed by atoms with van der Waals surface area (Å²) < 4.78 is -0.349. The summed E-state index contributed by atoms with van der Waals surface area (Å²) in [5, 5.41) is 5.60. The Labute approximate surface area is 140 Å². The predicted octanol–water partition coefficient (Wildman–Crippen LogP) is 3.89. The summed E-state index contributed by atoms with van der Waals surface area (Å²) in [4.78, 5) is 25.9. The molecule has 4 nitrogen and oxygen atoms in total. The summed E-state index contributed by atoms with van der Waals surface area (Å²) in [6, 6.07) is 14.7. The summed E-state index contributed by atoms with van der Waals surface area (Å²) in [7, 11) is 0. The van der Waals surface area contributed by atoms with Crippen molar-refractivity contribution in [1.29, 1.82) is 0 Å². The first-order chi connectivity index (χ1) is 10.5. The molecule has 0 spiro atoms. The van der Waals surface area contributed by atoms with E-state index in [2.05, 4.69) is 26.6 Å². The third-order valence-corrected chi connectivity index (χ3v) is 5.25. The number of rotatable bonds is 2. The van der Waals surface area contributed by atoms with Crippen LogP contribution in [0.15, 0.2) is 57.9 Å². The molecule has 2 aromatic rings. The molecule has 0 saturated carbocycles. The number of benzene rings is 2. The van der Waals surface area contributed by atoms with Crippen molar-refractivity contribution < 1.29 is 9.59 Å². The Bertz CT molecular complexity index is 765. The summed E-state index contributed by atoms with van der Waals surface area (Å²) >= 11 is 4.62. The number of para-hydroxylation sites is 1. The molecule has 6 heteroatoms.